The van der Waals surface area contributed by atoms with Gasteiger partial charge in [0.05, 0.1) is 24.8 Å². The molecule has 4 nitrogen and oxygen atoms in total. The van der Waals surface area contributed by atoms with Crippen molar-refractivity contribution in [1.82, 2.24) is 10.2 Å². The van der Waals surface area contributed by atoms with Crippen LogP contribution in [-0.4, -0.2) is 43.7 Å². The van der Waals surface area contributed by atoms with Crippen molar-refractivity contribution in [3.05, 3.63) is 71.3 Å². The minimum absolute atomic E-state index is 0.00128. The van der Waals surface area contributed by atoms with Gasteiger partial charge in [0.25, 0.3) is 5.91 Å². The number of hydrogen-bond acceptors (Lipinski definition) is 3. The summed E-state index contributed by atoms with van der Waals surface area (Å²) in [5.41, 5.74) is 0.213. The summed E-state index contributed by atoms with van der Waals surface area (Å²) >= 11 is 0. The van der Waals surface area contributed by atoms with Gasteiger partial charge in [0, 0.05) is 25.2 Å². The van der Waals surface area contributed by atoms with E-state index >= 15 is 0 Å². The van der Waals surface area contributed by atoms with Crippen molar-refractivity contribution in [3.63, 3.8) is 0 Å². The molecule has 0 bridgehead atoms. The maximum absolute atomic E-state index is 12.9. The van der Waals surface area contributed by atoms with Crippen molar-refractivity contribution >= 4 is 5.91 Å². The number of hydrogen-bond donors (Lipinski definition) is 1. The average molecular weight is 378 g/mol. The second-order valence-corrected chi connectivity index (χ2v) is 6.36. The first-order valence-electron chi connectivity index (χ1n) is 8.77. The number of ether oxygens (including phenoxy) is 1. The Labute approximate surface area is 155 Å². The van der Waals surface area contributed by atoms with Crippen LogP contribution in [0.2, 0.25) is 0 Å². The lowest BCUT2D eigenvalue weighted by molar-refractivity contribution is -0.137. The van der Waals surface area contributed by atoms with Crippen LogP contribution in [0.5, 0.6) is 0 Å². The highest BCUT2D eigenvalue weighted by molar-refractivity contribution is 5.94. The second kappa shape index (κ2) is 8.54. The minimum Gasteiger partial charge on any atom is -0.379 e. The number of carbonyl (C=O) groups excluding carboxylic acids is 1. The molecule has 2 aromatic rings. The molecule has 0 aliphatic carbocycles. The Morgan fingerprint density at radius 1 is 1.07 bits per heavy atom. The average Bonchev–Trinajstić information content (AvgIpc) is 2.69. The van der Waals surface area contributed by atoms with Crippen LogP contribution in [-0.2, 0) is 10.9 Å². The Kier molecular flexibility index (Phi) is 6.13. The zero-order chi connectivity index (χ0) is 19.3. The number of carbonyl (C=O) groups is 1. The minimum atomic E-state index is -4.48. The van der Waals surface area contributed by atoms with Gasteiger partial charge in [-0.1, -0.05) is 36.4 Å². The molecular formula is C20H21F3N2O2. The number of rotatable bonds is 5. The fourth-order valence-electron chi connectivity index (χ4n) is 3.15. The first-order chi connectivity index (χ1) is 12.9. The lowest BCUT2D eigenvalue weighted by Crippen LogP contribution is -2.43. The van der Waals surface area contributed by atoms with E-state index in [0.29, 0.717) is 19.8 Å². The molecule has 3 rings (SSSR count). The summed E-state index contributed by atoms with van der Waals surface area (Å²) < 4.78 is 44.0. The van der Waals surface area contributed by atoms with Crippen molar-refractivity contribution < 1.29 is 22.7 Å². The molecule has 1 atom stereocenters. The van der Waals surface area contributed by atoms with Gasteiger partial charge < -0.3 is 10.1 Å². The first kappa shape index (κ1) is 19.4. The molecule has 1 N–H and O–H groups in total. The van der Waals surface area contributed by atoms with Crippen LogP contribution in [0.1, 0.15) is 27.5 Å². The summed E-state index contributed by atoms with van der Waals surface area (Å²) in [4.78, 5) is 14.6. The van der Waals surface area contributed by atoms with E-state index in [1.54, 1.807) is 0 Å². The Bertz CT molecular complexity index is 759. The molecule has 27 heavy (non-hydrogen) atoms. The van der Waals surface area contributed by atoms with Crippen LogP contribution < -0.4 is 5.32 Å². The van der Waals surface area contributed by atoms with Crippen molar-refractivity contribution in [2.24, 2.45) is 0 Å². The van der Waals surface area contributed by atoms with Crippen LogP contribution in [0.3, 0.4) is 0 Å². The SMILES string of the molecule is O=C(NCC(c1ccccc1)N1CCOCC1)c1cccc(C(F)(F)F)c1. The smallest absolute Gasteiger partial charge is 0.379 e. The molecule has 1 unspecified atom stereocenters. The quantitative estimate of drug-likeness (QED) is 0.866. The zero-order valence-electron chi connectivity index (χ0n) is 14.7. The van der Waals surface area contributed by atoms with E-state index < -0.39 is 17.6 Å². The number of alkyl halides is 3. The highest BCUT2D eigenvalue weighted by atomic mass is 19.4. The maximum Gasteiger partial charge on any atom is 0.416 e. The summed E-state index contributed by atoms with van der Waals surface area (Å²) in [6.45, 7) is 3.01. The predicted octanol–water partition coefficient (Wildman–Crippen LogP) is 3.51. The normalized spacial score (nSPS) is 16.7. The molecule has 0 spiro atoms. The summed E-state index contributed by atoms with van der Waals surface area (Å²) in [5, 5.41) is 2.78. The van der Waals surface area contributed by atoms with Crippen molar-refractivity contribution in [3.8, 4) is 0 Å². The van der Waals surface area contributed by atoms with E-state index in [-0.39, 0.29) is 11.6 Å². The summed E-state index contributed by atoms with van der Waals surface area (Å²) in [6, 6.07) is 14.1. The largest absolute Gasteiger partial charge is 0.416 e. The second-order valence-electron chi connectivity index (χ2n) is 6.36. The molecule has 1 fully saturated rings. The highest BCUT2D eigenvalue weighted by Crippen LogP contribution is 2.29. The fourth-order valence-corrected chi connectivity index (χ4v) is 3.15. The van der Waals surface area contributed by atoms with Gasteiger partial charge in [-0.05, 0) is 23.8 Å². The molecular weight excluding hydrogens is 357 g/mol. The molecule has 1 amide bonds. The topological polar surface area (TPSA) is 41.6 Å². The van der Waals surface area contributed by atoms with Gasteiger partial charge in [-0.2, -0.15) is 13.2 Å². The molecule has 1 aliphatic heterocycles. The molecule has 0 radical (unpaired) electrons. The number of nitrogens with zero attached hydrogens (tertiary/aromatic N) is 1. The van der Waals surface area contributed by atoms with E-state index in [1.807, 2.05) is 30.3 Å². The summed E-state index contributed by atoms with van der Waals surface area (Å²) in [7, 11) is 0. The Morgan fingerprint density at radius 3 is 2.44 bits per heavy atom. The Balaban J connectivity index is 1.72. The van der Waals surface area contributed by atoms with Gasteiger partial charge >= 0.3 is 6.18 Å². The predicted molar refractivity (Wildman–Crippen MR) is 95.4 cm³/mol. The van der Waals surface area contributed by atoms with Gasteiger partial charge in [-0.15, -0.1) is 0 Å². The van der Waals surface area contributed by atoms with Crippen LogP contribution >= 0.6 is 0 Å². The lowest BCUT2D eigenvalue weighted by Gasteiger charge is -2.35. The molecule has 1 aliphatic rings. The molecule has 0 aromatic heterocycles. The number of morpholine rings is 1. The van der Waals surface area contributed by atoms with Gasteiger partial charge in [0.1, 0.15) is 0 Å². The lowest BCUT2D eigenvalue weighted by atomic mass is 10.0. The number of nitrogens with one attached hydrogen (secondary N) is 1. The molecule has 7 heteroatoms. The third-order valence-corrected chi connectivity index (χ3v) is 4.58. The fraction of sp³-hybridized carbons (Fsp3) is 0.350. The highest BCUT2D eigenvalue weighted by Gasteiger charge is 2.31. The summed E-state index contributed by atoms with van der Waals surface area (Å²) in [6.07, 6.45) is -4.48. The third kappa shape index (κ3) is 5.08. The van der Waals surface area contributed by atoms with E-state index in [0.717, 1.165) is 30.8 Å². The molecule has 0 saturated carbocycles. The van der Waals surface area contributed by atoms with E-state index in [1.165, 1.54) is 12.1 Å². The van der Waals surface area contributed by atoms with Crippen molar-refractivity contribution in [2.75, 3.05) is 32.8 Å². The zero-order valence-corrected chi connectivity index (χ0v) is 14.7. The van der Waals surface area contributed by atoms with Gasteiger partial charge in [-0.3, -0.25) is 9.69 Å². The van der Waals surface area contributed by atoms with E-state index in [9.17, 15) is 18.0 Å². The van der Waals surface area contributed by atoms with Crippen LogP contribution in [0.25, 0.3) is 0 Å². The number of amides is 1. The van der Waals surface area contributed by atoms with Crippen molar-refractivity contribution in [2.45, 2.75) is 12.2 Å². The maximum atomic E-state index is 12.9. The molecule has 2 aromatic carbocycles. The standard InChI is InChI=1S/C20H21F3N2O2/c21-20(22,23)17-8-4-7-16(13-17)19(26)24-14-18(15-5-2-1-3-6-15)25-9-11-27-12-10-25/h1-8,13,18H,9-12,14H2,(H,24,26). The Hall–Kier alpha value is -2.38. The van der Waals surface area contributed by atoms with Crippen LogP contribution in [0.4, 0.5) is 13.2 Å². The van der Waals surface area contributed by atoms with E-state index in [4.69, 9.17) is 4.74 Å². The van der Waals surface area contributed by atoms with Gasteiger partial charge in [-0.25, -0.2) is 0 Å². The molecule has 144 valence electrons. The first-order valence-corrected chi connectivity index (χ1v) is 8.77. The Morgan fingerprint density at radius 2 is 1.78 bits per heavy atom. The van der Waals surface area contributed by atoms with Gasteiger partial charge in [0.15, 0.2) is 0 Å². The van der Waals surface area contributed by atoms with Crippen LogP contribution in [0, 0.1) is 0 Å². The monoisotopic (exact) mass is 378 g/mol. The molecule has 1 saturated heterocycles. The molecule has 1 heterocycles. The van der Waals surface area contributed by atoms with Crippen LogP contribution in [0.15, 0.2) is 54.6 Å². The van der Waals surface area contributed by atoms with Crippen molar-refractivity contribution in [1.29, 1.82) is 0 Å². The number of benzene rings is 2. The number of halogens is 3. The third-order valence-electron chi connectivity index (χ3n) is 4.58. The van der Waals surface area contributed by atoms with Gasteiger partial charge in [0.2, 0.25) is 0 Å². The summed E-state index contributed by atoms with van der Waals surface area (Å²) in [5.74, 6) is -0.518. The van der Waals surface area contributed by atoms with E-state index in [2.05, 4.69) is 10.2 Å².